The quantitative estimate of drug-likeness (QED) is 0.477. The van der Waals surface area contributed by atoms with Crippen molar-refractivity contribution in [2.24, 2.45) is 10.8 Å². The van der Waals surface area contributed by atoms with Gasteiger partial charge in [0, 0.05) is 0 Å². The summed E-state index contributed by atoms with van der Waals surface area (Å²) in [7, 11) is 0. The molecule has 5 heteroatoms. The molecule has 0 amide bonds. The van der Waals surface area contributed by atoms with E-state index in [4.69, 9.17) is 10.5 Å². The van der Waals surface area contributed by atoms with Gasteiger partial charge < -0.3 is 10.5 Å². The van der Waals surface area contributed by atoms with E-state index in [1.54, 1.807) is 6.21 Å². The van der Waals surface area contributed by atoms with Gasteiger partial charge in [0.1, 0.15) is 5.75 Å². The van der Waals surface area contributed by atoms with Gasteiger partial charge in [0.15, 0.2) is 5.11 Å². The molecule has 0 spiro atoms. The molecule has 3 N–H and O–H groups in total. The molecule has 0 bridgehead atoms. The number of hydrogen-bond donors (Lipinski definition) is 2. The summed E-state index contributed by atoms with van der Waals surface area (Å²) in [4.78, 5) is 0. The second kappa shape index (κ2) is 6.85. The van der Waals surface area contributed by atoms with Crippen molar-refractivity contribution in [3.8, 4) is 5.75 Å². The van der Waals surface area contributed by atoms with E-state index in [0.717, 1.165) is 17.7 Å². The van der Waals surface area contributed by atoms with Gasteiger partial charge in [0.05, 0.1) is 12.3 Å². The molecule has 1 aromatic carbocycles. The average Bonchev–Trinajstić information content (AvgIpc) is 2.29. The van der Waals surface area contributed by atoms with Crippen LogP contribution in [0.1, 0.15) is 25.8 Å². The van der Waals surface area contributed by atoms with Crippen molar-refractivity contribution < 1.29 is 4.74 Å². The van der Waals surface area contributed by atoms with E-state index in [1.165, 1.54) is 0 Å². The molecule has 0 heterocycles. The molecule has 17 heavy (non-hydrogen) atoms. The second-order valence-corrected chi connectivity index (χ2v) is 4.08. The van der Waals surface area contributed by atoms with E-state index >= 15 is 0 Å². The molecule has 0 aliphatic carbocycles. The van der Waals surface area contributed by atoms with Crippen LogP contribution in [0.4, 0.5) is 0 Å². The molecule has 4 nitrogen and oxygen atoms in total. The highest BCUT2D eigenvalue weighted by Gasteiger charge is 2.00. The minimum absolute atomic E-state index is 0.147. The highest BCUT2D eigenvalue weighted by Crippen LogP contribution is 2.14. The number of thiocarbonyl (C=S) groups is 1. The van der Waals surface area contributed by atoms with Gasteiger partial charge >= 0.3 is 0 Å². The lowest BCUT2D eigenvalue weighted by atomic mass is 10.2. The number of ether oxygens (including phenoxy) is 1. The van der Waals surface area contributed by atoms with Crippen molar-refractivity contribution in [1.82, 2.24) is 5.43 Å². The standard InChI is InChI=1S/C12H17N3OS/c1-3-9(2)16-11-6-4-5-10(7-11)8-14-15-12(13)17/h4-9H,3H2,1-2H3,(H3,13,15,17). The van der Waals surface area contributed by atoms with Crippen molar-refractivity contribution in [3.63, 3.8) is 0 Å². The summed E-state index contributed by atoms with van der Waals surface area (Å²) < 4.78 is 5.70. The Kier molecular flexibility index (Phi) is 5.42. The molecule has 0 aliphatic heterocycles. The van der Waals surface area contributed by atoms with E-state index in [0.29, 0.717) is 0 Å². The zero-order valence-electron chi connectivity index (χ0n) is 10.0. The van der Waals surface area contributed by atoms with Crippen LogP contribution >= 0.6 is 12.2 Å². The number of nitrogens with zero attached hydrogens (tertiary/aromatic N) is 1. The van der Waals surface area contributed by atoms with Gasteiger partial charge in [-0.25, -0.2) is 0 Å². The fraction of sp³-hybridized carbons (Fsp3) is 0.333. The Hall–Kier alpha value is -1.62. The van der Waals surface area contributed by atoms with E-state index in [9.17, 15) is 0 Å². The Balaban J connectivity index is 2.65. The SMILES string of the molecule is CCC(C)Oc1cccc(C=NNC(N)=S)c1. The summed E-state index contributed by atoms with van der Waals surface area (Å²) in [6, 6.07) is 7.68. The fourth-order valence-electron chi connectivity index (χ4n) is 1.15. The van der Waals surface area contributed by atoms with Crippen molar-refractivity contribution in [2.45, 2.75) is 26.4 Å². The lowest BCUT2D eigenvalue weighted by Crippen LogP contribution is -2.23. The summed E-state index contributed by atoms with van der Waals surface area (Å²) >= 11 is 4.64. The van der Waals surface area contributed by atoms with Crippen LogP contribution in [0.25, 0.3) is 0 Å². The van der Waals surface area contributed by atoms with Crippen molar-refractivity contribution in [2.75, 3.05) is 0 Å². The largest absolute Gasteiger partial charge is 0.491 e. The van der Waals surface area contributed by atoms with E-state index in [-0.39, 0.29) is 11.2 Å². The summed E-state index contributed by atoms with van der Waals surface area (Å²) in [6.45, 7) is 4.12. The maximum absolute atomic E-state index is 5.70. The normalized spacial score (nSPS) is 12.4. The van der Waals surface area contributed by atoms with E-state index in [2.05, 4.69) is 29.7 Å². The third kappa shape index (κ3) is 5.31. The molecule has 1 rings (SSSR count). The first kappa shape index (κ1) is 13.4. The minimum atomic E-state index is 0.147. The van der Waals surface area contributed by atoms with Gasteiger partial charge in [0.25, 0.3) is 0 Å². The van der Waals surface area contributed by atoms with Crippen molar-refractivity contribution >= 4 is 23.5 Å². The molecule has 0 radical (unpaired) electrons. The summed E-state index contributed by atoms with van der Waals surface area (Å²) in [5.41, 5.74) is 8.68. The number of hydrazone groups is 1. The smallest absolute Gasteiger partial charge is 0.184 e. The zero-order chi connectivity index (χ0) is 12.7. The Bertz CT molecular complexity index is 406. The fourth-order valence-corrected chi connectivity index (χ4v) is 1.21. The van der Waals surface area contributed by atoms with Crippen LogP contribution in [0.2, 0.25) is 0 Å². The Morgan fingerprint density at radius 1 is 1.65 bits per heavy atom. The Labute approximate surface area is 107 Å². The highest BCUT2D eigenvalue weighted by atomic mass is 32.1. The van der Waals surface area contributed by atoms with Gasteiger partial charge in [-0.2, -0.15) is 5.10 Å². The van der Waals surface area contributed by atoms with Crippen molar-refractivity contribution in [1.29, 1.82) is 0 Å². The zero-order valence-corrected chi connectivity index (χ0v) is 10.8. The Morgan fingerprint density at radius 3 is 3.06 bits per heavy atom. The molecule has 0 aliphatic rings. The molecule has 0 saturated carbocycles. The van der Waals surface area contributed by atoms with Crippen LogP contribution in [-0.2, 0) is 0 Å². The number of benzene rings is 1. The van der Waals surface area contributed by atoms with Crippen LogP contribution in [0.15, 0.2) is 29.4 Å². The van der Waals surface area contributed by atoms with E-state index < -0.39 is 0 Å². The summed E-state index contributed by atoms with van der Waals surface area (Å²) in [5.74, 6) is 0.832. The van der Waals surface area contributed by atoms with Gasteiger partial charge in [-0.1, -0.05) is 19.1 Å². The number of rotatable bonds is 5. The van der Waals surface area contributed by atoms with Crippen LogP contribution in [0.5, 0.6) is 5.75 Å². The first-order chi connectivity index (χ1) is 8.11. The molecular weight excluding hydrogens is 234 g/mol. The molecule has 1 aromatic rings. The predicted molar refractivity (Wildman–Crippen MR) is 74.3 cm³/mol. The maximum Gasteiger partial charge on any atom is 0.184 e. The third-order valence-electron chi connectivity index (χ3n) is 2.16. The number of hydrogen-bond acceptors (Lipinski definition) is 3. The Morgan fingerprint density at radius 2 is 2.41 bits per heavy atom. The molecule has 92 valence electrons. The number of nitrogens with two attached hydrogens (primary N) is 1. The summed E-state index contributed by atoms with van der Waals surface area (Å²) in [5, 5.41) is 4.03. The highest BCUT2D eigenvalue weighted by molar-refractivity contribution is 7.80. The lowest BCUT2D eigenvalue weighted by molar-refractivity contribution is 0.217. The summed E-state index contributed by atoms with van der Waals surface area (Å²) in [6.07, 6.45) is 2.82. The first-order valence-electron chi connectivity index (χ1n) is 5.47. The van der Waals surface area contributed by atoms with Crippen LogP contribution < -0.4 is 15.9 Å². The lowest BCUT2D eigenvalue weighted by Gasteiger charge is -2.12. The average molecular weight is 251 g/mol. The number of nitrogens with one attached hydrogen (secondary N) is 1. The van der Waals surface area contributed by atoms with Gasteiger partial charge in [-0.05, 0) is 43.3 Å². The second-order valence-electron chi connectivity index (χ2n) is 3.64. The first-order valence-corrected chi connectivity index (χ1v) is 5.88. The third-order valence-corrected chi connectivity index (χ3v) is 2.25. The molecule has 1 atom stereocenters. The molecular formula is C12H17N3OS. The van der Waals surface area contributed by atoms with Crippen molar-refractivity contribution in [3.05, 3.63) is 29.8 Å². The minimum Gasteiger partial charge on any atom is -0.491 e. The van der Waals surface area contributed by atoms with Crippen LogP contribution in [0, 0.1) is 0 Å². The molecule has 1 unspecified atom stereocenters. The van der Waals surface area contributed by atoms with E-state index in [1.807, 2.05) is 31.2 Å². The molecule has 0 fully saturated rings. The predicted octanol–water partition coefficient (Wildman–Crippen LogP) is 2.03. The van der Waals surface area contributed by atoms with Crippen LogP contribution in [-0.4, -0.2) is 17.4 Å². The van der Waals surface area contributed by atoms with Gasteiger partial charge in [-0.15, -0.1) is 0 Å². The molecule has 0 aromatic heterocycles. The van der Waals surface area contributed by atoms with Crippen LogP contribution in [0.3, 0.4) is 0 Å². The molecule has 0 saturated heterocycles. The topological polar surface area (TPSA) is 59.6 Å². The maximum atomic E-state index is 5.70. The van der Waals surface area contributed by atoms with Gasteiger partial charge in [0.2, 0.25) is 0 Å². The monoisotopic (exact) mass is 251 g/mol. The van der Waals surface area contributed by atoms with Gasteiger partial charge in [-0.3, -0.25) is 5.43 Å².